The van der Waals surface area contributed by atoms with Crippen molar-refractivity contribution in [3.05, 3.63) is 0 Å². The summed E-state index contributed by atoms with van der Waals surface area (Å²) in [6.07, 6.45) is 1.99. The largest absolute Gasteiger partial charge is 0.329 e. The minimum Gasteiger partial charge on any atom is -0.329 e. The summed E-state index contributed by atoms with van der Waals surface area (Å²) in [5.41, 5.74) is 5.79. The Morgan fingerprint density at radius 1 is 1.23 bits per heavy atom. The van der Waals surface area contributed by atoms with Gasteiger partial charge < -0.3 is 5.73 Å². The first-order valence-corrected chi connectivity index (χ1v) is 5.21. The van der Waals surface area contributed by atoms with E-state index in [0.29, 0.717) is 13.1 Å². The van der Waals surface area contributed by atoms with Crippen LogP contribution in [0.15, 0.2) is 0 Å². The Kier molecular flexibility index (Phi) is 6.25. The first-order chi connectivity index (χ1) is 6.20. The van der Waals surface area contributed by atoms with E-state index in [1.54, 1.807) is 0 Å². The topological polar surface area (TPSA) is 29.3 Å². The van der Waals surface area contributed by atoms with Crippen molar-refractivity contribution in [3.63, 3.8) is 0 Å². The summed E-state index contributed by atoms with van der Waals surface area (Å²) in [5.74, 6) is 0. The number of nitrogens with two attached hydrogens (primary N) is 1. The Balaban J connectivity index is 4.45. The third-order valence-electron chi connectivity index (χ3n) is 3.10. The molecule has 0 aromatic carbocycles. The summed E-state index contributed by atoms with van der Waals surface area (Å²) in [6, 6.07) is 0. The molecule has 0 aliphatic rings. The van der Waals surface area contributed by atoms with E-state index >= 15 is 0 Å². The molecule has 0 fully saturated rings. The summed E-state index contributed by atoms with van der Waals surface area (Å²) < 4.78 is 12.3. The highest BCUT2D eigenvalue weighted by Crippen LogP contribution is 2.22. The minimum absolute atomic E-state index is 0.0147. The average molecular weight is 190 g/mol. The molecular weight excluding hydrogens is 167 g/mol. The standard InChI is InChI=1S/C10H23FN2/c1-4-10(5-2,9-12)13(6-3)8-7-11/h4-9,12H2,1-3H3. The summed E-state index contributed by atoms with van der Waals surface area (Å²) in [6.45, 7) is 8.03. The molecule has 80 valence electrons. The van der Waals surface area contributed by atoms with Gasteiger partial charge in [-0.2, -0.15) is 0 Å². The molecule has 3 heteroatoms. The molecule has 0 saturated carbocycles. The maximum absolute atomic E-state index is 12.3. The molecule has 0 heterocycles. The molecule has 0 aromatic heterocycles. The highest BCUT2D eigenvalue weighted by atomic mass is 19.1. The van der Waals surface area contributed by atoms with Crippen molar-refractivity contribution < 1.29 is 4.39 Å². The van der Waals surface area contributed by atoms with Gasteiger partial charge >= 0.3 is 0 Å². The van der Waals surface area contributed by atoms with E-state index in [1.807, 2.05) is 0 Å². The molecule has 13 heavy (non-hydrogen) atoms. The lowest BCUT2D eigenvalue weighted by Crippen LogP contribution is -2.53. The van der Waals surface area contributed by atoms with Crippen molar-refractivity contribution in [1.82, 2.24) is 4.90 Å². The predicted octanol–water partition coefficient (Wildman–Crippen LogP) is 1.80. The molecule has 0 aliphatic carbocycles. The SMILES string of the molecule is CCN(CCF)C(CC)(CC)CN. The molecule has 0 aromatic rings. The fourth-order valence-corrected chi connectivity index (χ4v) is 1.95. The summed E-state index contributed by atoms with van der Waals surface area (Å²) in [5, 5.41) is 0. The molecule has 0 aliphatic heterocycles. The number of alkyl halides is 1. The fourth-order valence-electron chi connectivity index (χ4n) is 1.95. The number of hydrogen-bond acceptors (Lipinski definition) is 2. The van der Waals surface area contributed by atoms with Crippen molar-refractivity contribution in [2.75, 3.05) is 26.3 Å². The minimum atomic E-state index is -0.282. The number of rotatable bonds is 7. The Morgan fingerprint density at radius 2 is 1.77 bits per heavy atom. The Hall–Kier alpha value is -0.150. The highest BCUT2D eigenvalue weighted by Gasteiger charge is 2.30. The van der Waals surface area contributed by atoms with E-state index in [1.165, 1.54) is 0 Å². The van der Waals surface area contributed by atoms with Crippen LogP contribution in [0.4, 0.5) is 4.39 Å². The van der Waals surface area contributed by atoms with Crippen molar-refractivity contribution in [2.45, 2.75) is 39.2 Å². The van der Waals surface area contributed by atoms with Gasteiger partial charge in [-0.05, 0) is 19.4 Å². The van der Waals surface area contributed by atoms with Gasteiger partial charge in [0, 0.05) is 18.6 Å². The maximum Gasteiger partial charge on any atom is 0.102 e. The van der Waals surface area contributed by atoms with Crippen molar-refractivity contribution >= 4 is 0 Å². The second-order valence-electron chi connectivity index (χ2n) is 3.40. The summed E-state index contributed by atoms with van der Waals surface area (Å²) in [4.78, 5) is 2.16. The van der Waals surface area contributed by atoms with Crippen LogP contribution >= 0.6 is 0 Å². The molecule has 2 N–H and O–H groups in total. The smallest absolute Gasteiger partial charge is 0.102 e. The van der Waals surface area contributed by atoms with E-state index in [4.69, 9.17) is 5.73 Å². The van der Waals surface area contributed by atoms with Crippen molar-refractivity contribution in [1.29, 1.82) is 0 Å². The Bertz CT molecular complexity index is 116. The van der Waals surface area contributed by atoms with Crippen LogP contribution in [0.3, 0.4) is 0 Å². The molecule has 0 unspecified atom stereocenters. The zero-order valence-corrected chi connectivity index (χ0v) is 9.15. The van der Waals surface area contributed by atoms with Gasteiger partial charge in [-0.3, -0.25) is 4.90 Å². The van der Waals surface area contributed by atoms with Gasteiger partial charge in [0.15, 0.2) is 0 Å². The second kappa shape index (κ2) is 6.33. The molecule has 2 nitrogen and oxygen atoms in total. The zero-order valence-electron chi connectivity index (χ0n) is 9.15. The lowest BCUT2D eigenvalue weighted by atomic mass is 9.90. The lowest BCUT2D eigenvalue weighted by molar-refractivity contribution is 0.0836. The molecule has 0 spiro atoms. The van der Waals surface area contributed by atoms with Crippen molar-refractivity contribution in [2.24, 2.45) is 5.73 Å². The monoisotopic (exact) mass is 190 g/mol. The third kappa shape index (κ3) is 2.92. The van der Waals surface area contributed by atoms with Crippen LogP contribution in [-0.2, 0) is 0 Å². The summed E-state index contributed by atoms with van der Waals surface area (Å²) in [7, 11) is 0. The van der Waals surface area contributed by atoms with Gasteiger partial charge in [0.1, 0.15) is 6.67 Å². The van der Waals surface area contributed by atoms with E-state index in [2.05, 4.69) is 25.7 Å². The van der Waals surface area contributed by atoms with Crippen LogP contribution in [0.1, 0.15) is 33.6 Å². The van der Waals surface area contributed by atoms with E-state index in [9.17, 15) is 4.39 Å². The van der Waals surface area contributed by atoms with Crippen LogP contribution in [0, 0.1) is 0 Å². The van der Waals surface area contributed by atoms with Crippen LogP contribution in [0.5, 0.6) is 0 Å². The first-order valence-electron chi connectivity index (χ1n) is 5.21. The van der Waals surface area contributed by atoms with Gasteiger partial charge in [-0.25, -0.2) is 4.39 Å². The molecule has 0 rings (SSSR count). The number of nitrogens with zero attached hydrogens (tertiary/aromatic N) is 1. The maximum atomic E-state index is 12.3. The molecule has 0 radical (unpaired) electrons. The quantitative estimate of drug-likeness (QED) is 0.663. The zero-order chi connectivity index (χ0) is 10.3. The lowest BCUT2D eigenvalue weighted by Gasteiger charge is -2.41. The number of halogens is 1. The highest BCUT2D eigenvalue weighted by molar-refractivity contribution is 4.88. The van der Waals surface area contributed by atoms with Gasteiger partial charge in [-0.15, -0.1) is 0 Å². The molecule has 0 bridgehead atoms. The van der Waals surface area contributed by atoms with Crippen LogP contribution in [0.2, 0.25) is 0 Å². The van der Waals surface area contributed by atoms with E-state index < -0.39 is 0 Å². The van der Waals surface area contributed by atoms with Crippen LogP contribution < -0.4 is 5.73 Å². The van der Waals surface area contributed by atoms with Crippen LogP contribution in [-0.4, -0.2) is 36.7 Å². The molecule has 0 saturated heterocycles. The number of hydrogen-bond donors (Lipinski definition) is 1. The Labute approximate surface area is 81.3 Å². The van der Waals surface area contributed by atoms with E-state index in [0.717, 1.165) is 19.4 Å². The molecule has 0 amide bonds. The first kappa shape index (κ1) is 12.8. The van der Waals surface area contributed by atoms with Crippen molar-refractivity contribution in [3.8, 4) is 0 Å². The van der Waals surface area contributed by atoms with Crippen LogP contribution in [0.25, 0.3) is 0 Å². The fraction of sp³-hybridized carbons (Fsp3) is 1.00. The Morgan fingerprint density at radius 3 is 2.00 bits per heavy atom. The second-order valence-corrected chi connectivity index (χ2v) is 3.40. The third-order valence-corrected chi connectivity index (χ3v) is 3.10. The summed E-state index contributed by atoms with van der Waals surface area (Å²) >= 11 is 0. The molecule has 0 atom stereocenters. The normalized spacial score (nSPS) is 12.5. The van der Waals surface area contributed by atoms with Gasteiger partial charge in [0.25, 0.3) is 0 Å². The predicted molar refractivity (Wildman–Crippen MR) is 55.6 cm³/mol. The van der Waals surface area contributed by atoms with E-state index in [-0.39, 0.29) is 12.2 Å². The molecular formula is C10H23FN2. The van der Waals surface area contributed by atoms with Gasteiger partial charge in [0.05, 0.1) is 0 Å². The van der Waals surface area contributed by atoms with Gasteiger partial charge in [-0.1, -0.05) is 20.8 Å². The number of likely N-dealkylation sites (N-methyl/N-ethyl adjacent to an activating group) is 1. The van der Waals surface area contributed by atoms with Gasteiger partial charge in [0.2, 0.25) is 0 Å². The average Bonchev–Trinajstić information content (AvgIpc) is 2.19.